The van der Waals surface area contributed by atoms with Crippen LogP contribution in [0.15, 0.2) is 12.1 Å². The Kier molecular flexibility index (Phi) is 7.46. The molecule has 1 atom stereocenters. The Balaban J connectivity index is 3.46. The van der Waals surface area contributed by atoms with Crippen molar-refractivity contribution in [2.45, 2.75) is 50.3 Å². The van der Waals surface area contributed by atoms with Crippen molar-refractivity contribution < 1.29 is 63.6 Å². The van der Waals surface area contributed by atoms with Gasteiger partial charge in [0.2, 0.25) is 5.75 Å². The molecular formula is C15H11F9N2O7. The smallest absolute Gasteiger partial charge is 0.387 e. The van der Waals surface area contributed by atoms with E-state index in [2.05, 4.69) is 9.47 Å². The second-order valence-electron chi connectivity index (χ2n) is 6.32. The van der Waals surface area contributed by atoms with Crippen molar-refractivity contribution in [2.75, 3.05) is 0 Å². The number of hydrogen-bond donors (Lipinski definition) is 0. The molecule has 0 aliphatic rings. The quantitative estimate of drug-likeness (QED) is 0.141. The molecule has 0 heterocycles. The van der Waals surface area contributed by atoms with Gasteiger partial charge in [-0.2, -0.15) is 39.5 Å². The minimum Gasteiger partial charge on any atom is -0.387 e. The maximum atomic E-state index is 13.5. The first kappa shape index (κ1) is 27.7. The Morgan fingerprint density at radius 3 is 1.88 bits per heavy atom. The molecule has 0 N–H and O–H groups in total. The standard InChI is InChI=1S/C15H11F9N2O7/c1-3-6(2)8-4-7(25(28)29)5-9(26(30)31)10(8)32-11(27)33-15(23,24)13(18,19)12(16,17)14(20,21)22/h4-6H,3H2,1-2H3. The van der Waals surface area contributed by atoms with Gasteiger partial charge in [0.1, 0.15) is 0 Å². The van der Waals surface area contributed by atoms with Crippen LogP contribution in [-0.4, -0.2) is 40.1 Å². The highest BCUT2D eigenvalue weighted by atomic mass is 19.4. The predicted octanol–water partition coefficient (Wildman–Crippen LogP) is 5.96. The fourth-order valence-electron chi connectivity index (χ4n) is 2.19. The van der Waals surface area contributed by atoms with Crippen molar-refractivity contribution in [3.05, 3.63) is 37.9 Å². The number of alkyl halides is 9. The number of rotatable bonds is 8. The Morgan fingerprint density at radius 1 is 0.970 bits per heavy atom. The molecule has 0 bridgehead atoms. The summed E-state index contributed by atoms with van der Waals surface area (Å²) < 4.78 is 122. The first-order valence-corrected chi connectivity index (χ1v) is 8.29. The van der Waals surface area contributed by atoms with Crippen LogP contribution in [0.2, 0.25) is 0 Å². The van der Waals surface area contributed by atoms with Crippen LogP contribution >= 0.6 is 0 Å². The zero-order valence-electron chi connectivity index (χ0n) is 16.1. The van der Waals surface area contributed by atoms with Crippen LogP contribution in [-0.2, 0) is 4.74 Å². The molecule has 0 radical (unpaired) electrons. The third kappa shape index (κ3) is 5.19. The third-order valence-corrected chi connectivity index (χ3v) is 4.15. The Labute approximate surface area is 176 Å². The monoisotopic (exact) mass is 502 g/mol. The summed E-state index contributed by atoms with van der Waals surface area (Å²) in [5.74, 6) is -16.9. The molecular weight excluding hydrogens is 491 g/mol. The Bertz CT molecular complexity index is 950. The predicted molar refractivity (Wildman–Crippen MR) is 86.5 cm³/mol. The van der Waals surface area contributed by atoms with E-state index in [-0.39, 0.29) is 12.5 Å². The fraction of sp³-hybridized carbons (Fsp3) is 0.533. The lowest BCUT2D eigenvalue weighted by molar-refractivity contribution is -0.434. The summed E-state index contributed by atoms with van der Waals surface area (Å²) in [5, 5.41) is 22.1. The van der Waals surface area contributed by atoms with Gasteiger partial charge in [-0.15, -0.1) is 0 Å². The Morgan fingerprint density at radius 2 is 1.48 bits per heavy atom. The van der Waals surface area contributed by atoms with Gasteiger partial charge in [0, 0.05) is 11.6 Å². The SMILES string of the molecule is CCC(C)c1cc([N+](=O)[O-])cc([N+](=O)[O-])c1OC(=O)OC(F)(F)C(F)(F)C(F)(F)C(F)(F)F. The summed E-state index contributed by atoms with van der Waals surface area (Å²) in [6, 6.07) is 0.799. The van der Waals surface area contributed by atoms with Gasteiger partial charge in [0.05, 0.1) is 15.9 Å². The lowest BCUT2D eigenvalue weighted by Gasteiger charge is -2.32. The molecule has 1 aromatic carbocycles. The number of hydrogen-bond acceptors (Lipinski definition) is 7. The van der Waals surface area contributed by atoms with E-state index in [9.17, 15) is 64.5 Å². The largest absolute Gasteiger partial charge is 0.518 e. The number of carbonyl (C=O) groups is 1. The number of non-ortho nitro benzene ring substituents is 1. The van der Waals surface area contributed by atoms with Gasteiger partial charge in [-0.05, 0) is 12.3 Å². The maximum Gasteiger partial charge on any atom is 0.518 e. The molecule has 0 saturated heterocycles. The van der Waals surface area contributed by atoms with Crippen molar-refractivity contribution in [3.8, 4) is 5.75 Å². The number of nitro benzene ring substituents is 2. The molecule has 33 heavy (non-hydrogen) atoms. The van der Waals surface area contributed by atoms with E-state index in [1.165, 1.54) is 13.8 Å². The van der Waals surface area contributed by atoms with Crippen LogP contribution in [0, 0.1) is 20.2 Å². The van der Waals surface area contributed by atoms with E-state index in [1.807, 2.05) is 0 Å². The molecule has 1 rings (SSSR count). The molecule has 1 aromatic rings. The molecule has 9 nitrogen and oxygen atoms in total. The molecule has 186 valence electrons. The molecule has 0 saturated carbocycles. The molecule has 0 aliphatic carbocycles. The summed E-state index contributed by atoms with van der Waals surface area (Å²) in [4.78, 5) is 31.2. The molecule has 0 spiro atoms. The number of benzene rings is 1. The Hall–Kier alpha value is -3.34. The van der Waals surface area contributed by atoms with Gasteiger partial charge in [-0.25, -0.2) is 4.79 Å². The zero-order chi connectivity index (χ0) is 26.2. The van der Waals surface area contributed by atoms with E-state index in [4.69, 9.17) is 0 Å². The normalized spacial score (nSPS) is 13.9. The summed E-state index contributed by atoms with van der Waals surface area (Å²) in [6.45, 7) is 2.68. The number of ether oxygens (including phenoxy) is 2. The van der Waals surface area contributed by atoms with Crippen molar-refractivity contribution in [1.29, 1.82) is 0 Å². The van der Waals surface area contributed by atoms with Gasteiger partial charge in [-0.3, -0.25) is 20.2 Å². The van der Waals surface area contributed by atoms with Crippen LogP contribution in [0.5, 0.6) is 5.75 Å². The highest BCUT2D eigenvalue weighted by Gasteiger charge is 2.84. The zero-order valence-corrected chi connectivity index (χ0v) is 16.1. The van der Waals surface area contributed by atoms with Crippen molar-refractivity contribution in [3.63, 3.8) is 0 Å². The van der Waals surface area contributed by atoms with E-state index in [0.717, 1.165) is 0 Å². The van der Waals surface area contributed by atoms with Crippen molar-refractivity contribution >= 4 is 17.5 Å². The van der Waals surface area contributed by atoms with Crippen LogP contribution in [0.1, 0.15) is 31.7 Å². The van der Waals surface area contributed by atoms with E-state index in [0.29, 0.717) is 6.07 Å². The third-order valence-electron chi connectivity index (χ3n) is 4.15. The van der Waals surface area contributed by atoms with Crippen LogP contribution in [0.3, 0.4) is 0 Å². The van der Waals surface area contributed by atoms with E-state index >= 15 is 0 Å². The number of nitro groups is 2. The molecule has 0 aliphatic heterocycles. The van der Waals surface area contributed by atoms with E-state index < -0.39 is 68.7 Å². The summed E-state index contributed by atoms with van der Waals surface area (Å²) in [5.41, 5.74) is -2.89. The van der Waals surface area contributed by atoms with Gasteiger partial charge >= 0.3 is 36.0 Å². The van der Waals surface area contributed by atoms with E-state index in [1.54, 1.807) is 0 Å². The fourth-order valence-corrected chi connectivity index (χ4v) is 2.19. The van der Waals surface area contributed by atoms with Gasteiger partial charge in [0.15, 0.2) is 0 Å². The van der Waals surface area contributed by atoms with Crippen LogP contribution in [0.25, 0.3) is 0 Å². The average Bonchev–Trinajstić information content (AvgIpc) is 2.65. The number of carbonyl (C=O) groups excluding carboxylic acids is 1. The summed E-state index contributed by atoms with van der Waals surface area (Å²) in [7, 11) is 0. The molecule has 18 heteroatoms. The topological polar surface area (TPSA) is 122 Å². The minimum absolute atomic E-state index is 0.0375. The van der Waals surface area contributed by atoms with Crippen LogP contribution in [0.4, 0.5) is 55.7 Å². The second kappa shape index (κ2) is 8.89. The summed E-state index contributed by atoms with van der Waals surface area (Å²) >= 11 is 0. The number of nitrogens with zero attached hydrogens (tertiary/aromatic N) is 2. The lowest BCUT2D eigenvalue weighted by atomic mass is 9.96. The molecule has 1 unspecified atom stereocenters. The molecule has 0 fully saturated rings. The lowest BCUT2D eigenvalue weighted by Crippen LogP contribution is -2.62. The maximum absolute atomic E-state index is 13.5. The van der Waals surface area contributed by atoms with Crippen molar-refractivity contribution in [2.24, 2.45) is 0 Å². The second-order valence-corrected chi connectivity index (χ2v) is 6.32. The average molecular weight is 502 g/mol. The van der Waals surface area contributed by atoms with Gasteiger partial charge in [-0.1, -0.05) is 13.8 Å². The van der Waals surface area contributed by atoms with Gasteiger partial charge in [0.25, 0.3) is 5.69 Å². The summed E-state index contributed by atoms with van der Waals surface area (Å²) in [6.07, 6.45) is -17.0. The van der Waals surface area contributed by atoms with Gasteiger partial charge < -0.3 is 9.47 Å². The van der Waals surface area contributed by atoms with Crippen molar-refractivity contribution in [1.82, 2.24) is 0 Å². The number of halogens is 9. The molecule has 0 aromatic heterocycles. The molecule has 0 amide bonds. The van der Waals surface area contributed by atoms with Crippen LogP contribution < -0.4 is 4.74 Å². The first-order chi connectivity index (χ1) is 14.7. The highest BCUT2D eigenvalue weighted by molar-refractivity contribution is 5.70. The first-order valence-electron chi connectivity index (χ1n) is 8.29. The highest BCUT2D eigenvalue weighted by Crippen LogP contribution is 2.53. The minimum atomic E-state index is -7.37.